The molecule has 0 atom stereocenters. The van der Waals surface area contributed by atoms with Crippen LogP contribution in [0.15, 0.2) is 65.6 Å². The van der Waals surface area contributed by atoms with Gasteiger partial charge in [-0.3, -0.25) is 4.72 Å². The monoisotopic (exact) mass is 368 g/mol. The van der Waals surface area contributed by atoms with E-state index >= 15 is 0 Å². The van der Waals surface area contributed by atoms with Crippen LogP contribution in [0.5, 0.6) is 0 Å². The number of nitrogens with one attached hydrogen (secondary N) is 2. The molecule has 26 heavy (non-hydrogen) atoms. The van der Waals surface area contributed by atoms with E-state index in [9.17, 15) is 8.42 Å². The number of nitrogens with zero attached hydrogens (tertiary/aromatic N) is 2. The van der Waals surface area contributed by atoms with Crippen LogP contribution in [-0.4, -0.2) is 18.6 Å². The number of para-hydroxylation sites is 1. The summed E-state index contributed by atoms with van der Waals surface area (Å²) < 4.78 is 27.4. The van der Waals surface area contributed by atoms with Crippen LogP contribution in [0.3, 0.4) is 0 Å². The first-order valence-electron chi connectivity index (χ1n) is 8.26. The molecule has 0 aliphatic heterocycles. The van der Waals surface area contributed by atoms with E-state index in [-0.39, 0.29) is 10.7 Å². The molecular weight excluding hydrogens is 348 g/mol. The fourth-order valence-corrected chi connectivity index (χ4v) is 3.84. The van der Waals surface area contributed by atoms with Gasteiger partial charge in [-0.15, -0.1) is 10.2 Å². The van der Waals surface area contributed by atoms with E-state index in [0.717, 1.165) is 12.1 Å². The molecule has 0 spiro atoms. The van der Waals surface area contributed by atoms with Gasteiger partial charge in [0, 0.05) is 5.69 Å². The molecule has 3 aromatic rings. The lowest BCUT2D eigenvalue weighted by molar-refractivity contribution is 0.600. The SMILES string of the molecule is CCc1ccccc1Nc1ccc(NS(=O)(=O)c2ccccc2C)nn1. The van der Waals surface area contributed by atoms with Crippen molar-refractivity contribution in [3.8, 4) is 0 Å². The summed E-state index contributed by atoms with van der Waals surface area (Å²) in [5.41, 5.74) is 2.79. The average Bonchev–Trinajstić information content (AvgIpc) is 2.64. The Hall–Kier alpha value is -2.93. The molecule has 0 saturated heterocycles. The van der Waals surface area contributed by atoms with Crippen molar-refractivity contribution >= 4 is 27.3 Å². The summed E-state index contributed by atoms with van der Waals surface area (Å²) in [6, 6.07) is 18.0. The van der Waals surface area contributed by atoms with Crippen molar-refractivity contribution in [1.82, 2.24) is 10.2 Å². The highest BCUT2D eigenvalue weighted by Gasteiger charge is 2.17. The van der Waals surface area contributed by atoms with Crippen LogP contribution in [-0.2, 0) is 16.4 Å². The molecule has 0 bridgehead atoms. The van der Waals surface area contributed by atoms with Crippen molar-refractivity contribution in [3.63, 3.8) is 0 Å². The van der Waals surface area contributed by atoms with Gasteiger partial charge in [0.1, 0.15) is 0 Å². The Morgan fingerprint density at radius 2 is 1.54 bits per heavy atom. The molecular formula is C19H20N4O2S. The van der Waals surface area contributed by atoms with E-state index in [4.69, 9.17) is 0 Å². The highest BCUT2D eigenvalue weighted by atomic mass is 32.2. The Morgan fingerprint density at radius 3 is 2.23 bits per heavy atom. The summed E-state index contributed by atoms with van der Waals surface area (Å²) in [7, 11) is -3.70. The quantitative estimate of drug-likeness (QED) is 0.689. The number of benzene rings is 2. The molecule has 1 aromatic heterocycles. The van der Waals surface area contributed by atoms with E-state index in [0.29, 0.717) is 11.4 Å². The largest absolute Gasteiger partial charge is 0.339 e. The van der Waals surface area contributed by atoms with Gasteiger partial charge < -0.3 is 5.32 Å². The highest BCUT2D eigenvalue weighted by molar-refractivity contribution is 7.92. The summed E-state index contributed by atoms with van der Waals surface area (Å²) in [5, 5.41) is 11.2. The van der Waals surface area contributed by atoms with Gasteiger partial charge >= 0.3 is 0 Å². The molecule has 0 amide bonds. The first-order chi connectivity index (χ1) is 12.5. The van der Waals surface area contributed by atoms with Crippen LogP contribution in [0.1, 0.15) is 18.1 Å². The second kappa shape index (κ2) is 7.53. The Balaban J connectivity index is 1.77. The summed E-state index contributed by atoms with van der Waals surface area (Å²) in [6.45, 7) is 3.83. The maximum atomic E-state index is 12.5. The van der Waals surface area contributed by atoms with Crippen LogP contribution in [0.4, 0.5) is 17.3 Å². The first kappa shape index (κ1) is 17.9. The molecule has 0 fully saturated rings. The lowest BCUT2D eigenvalue weighted by Crippen LogP contribution is -2.15. The minimum atomic E-state index is -3.70. The van der Waals surface area contributed by atoms with E-state index in [1.165, 1.54) is 5.56 Å². The molecule has 2 aromatic carbocycles. The van der Waals surface area contributed by atoms with Crippen molar-refractivity contribution in [2.24, 2.45) is 0 Å². The predicted molar refractivity (Wildman–Crippen MR) is 103 cm³/mol. The third-order valence-corrected chi connectivity index (χ3v) is 5.46. The standard InChI is InChI=1S/C19H20N4O2S/c1-3-15-9-5-6-10-16(15)20-18-12-13-19(22-21-18)23-26(24,25)17-11-7-4-8-14(17)2/h4-13H,3H2,1-2H3,(H,20,21)(H,22,23). The van der Waals surface area contributed by atoms with Crippen LogP contribution < -0.4 is 10.0 Å². The highest BCUT2D eigenvalue weighted by Crippen LogP contribution is 2.21. The van der Waals surface area contributed by atoms with Crippen LogP contribution in [0, 0.1) is 6.92 Å². The van der Waals surface area contributed by atoms with Crippen molar-refractivity contribution < 1.29 is 8.42 Å². The van der Waals surface area contributed by atoms with Gasteiger partial charge in [-0.05, 0) is 48.7 Å². The summed E-state index contributed by atoms with van der Waals surface area (Å²) >= 11 is 0. The molecule has 0 unspecified atom stereocenters. The van der Waals surface area contributed by atoms with Gasteiger partial charge in [0.05, 0.1) is 4.90 Å². The smallest absolute Gasteiger partial charge is 0.263 e. The number of anilines is 3. The van der Waals surface area contributed by atoms with Gasteiger partial charge in [-0.1, -0.05) is 43.3 Å². The minimum Gasteiger partial charge on any atom is -0.339 e. The predicted octanol–water partition coefficient (Wildman–Crippen LogP) is 3.89. The zero-order valence-electron chi connectivity index (χ0n) is 14.6. The molecule has 0 aliphatic rings. The maximum Gasteiger partial charge on any atom is 0.263 e. The van der Waals surface area contributed by atoms with E-state index in [1.807, 2.05) is 24.3 Å². The van der Waals surface area contributed by atoms with E-state index < -0.39 is 10.0 Å². The summed E-state index contributed by atoms with van der Waals surface area (Å²) in [4.78, 5) is 0.223. The molecule has 0 aliphatic carbocycles. The maximum absolute atomic E-state index is 12.5. The van der Waals surface area contributed by atoms with E-state index in [2.05, 4.69) is 27.2 Å². The van der Waals surface area contributed by atoms with Gasteiger partial charge in [0.15, 0.2) is 11.6 Å². The topological polar surface area (TPSA) is 84.0 Å². The number of hydrogen-bond donors (Lipinski definition) is 2. The second-order valence-electron chi connectivity index (χ2n) is 5.81. The molecule has 7 heteroatoms. The van der Waals surface area contributed by atoms with Crippen molar-refractivity contribution in [2.45, 2.75) is 25.2 Å². The fourth-order valence-electron chi connectivity index (χ4n) is 2.59. The fraction of sp³-hybridized carbons (Fsp3) is 0.158. The lowest BCUT2D eigenvalue weighted by atomic mass is 10.1. The van der Waals surface area contributed by atoms with Crippen LogP contribution in [0.25, 0.3) is 0 Å². The Morgan fingerprint density at radius 1 is 0.885 bits per heavy atom. The van der Waals surface area contributed by atoms with Gasteiger partial charge in [0.2, 0.25) is 0 Å². The van der Waals surface area contributed by atoms with Crippen molar-refractivity contribution in [1.29, 1.82) is 0 Å². The zero-order valence-corrected chi connectivity index (χ0v) is 15.4. The third-order valence-electron chi connectivity index (χ3n) is 3.95. The van der Waals surface area contributed by atoms with Crippen molar-refractivity contribution in [2.75, 3.05) is 10.0 Å². The molecule has 6 nitrogen and oxygen atoms in total. The lowest BCUT2D eigenvalue weighted by Gasteiger charge is -2.11. The average molecular weight is 368 g/mol. The number of aryl methyl sites for hydroxylation is 2. The van der Waals surface area contributed by atoms with Gasteiger partial charge in [-0.25, -0.2) is 8.42 Å². The molecule has 1 heterocycles. The number of rotatable bonds is 6. The molecule has 0 radical (unpaired) electrons. The Bertz CT molecular complexity index is 1000. The molecule has 134 valence electrons. The summed E-state index contributed by atoms with van der Waals surface area (Å²) in [5.74, 6) is 0.715. The second-order valence-corrected chi connectivity index (χ2v) is 7.46. The van der Waals surface area contributed by atoms with Crippen LogP contribution in [0.2, 0.25) is 0 Å². The van der Waals surface area contributed by atoms with Gasteiger partial charge in [0.25, 0.3) is 10.0 Å². The summed E-state index contributed by atoms with van der Waals surface area (Å²) in [6.07, 6.45) is 0.894. The zero-order chi connectivity index (χ0) is 18.6. The van der Waals surface area contributed by atoms with Crippen LogP contribution >= 0.6 is 0 Å². The van der Waals surface area contributed by atoms with Gasteiger partial charge in [-0.2, -0.15) is 0 Å². The normalized spacial score (nSPS) is 11.2. The molecule has 2 N–H and O–H groups in total. The first-order valence-corrected chi connectivity index (χ1v) is 9.75. The molecule has 3 rings (SSSR count). The number of aromatic nitrogens is 2. The Labute approximate surface area is 153 Å². The minimum absolute atomic E-state index is 0.169. The van der Waals surface area contributed by atoms with E-state index in [1.54, 1.807) is 43.3 Å². The third kappa shape index (κ3) is 4.00. The van der Waals surface area contributed by atoms with Crippen molar-refractivity contribution in [3.05, 3.63) is 71.8 Å². The Kier molecular flexibility index (Phi) is 5.18. The number of sulfonamides is 1. The molecule has 0 saturated carbocycles. The number of hydrogen-bond acceptors (Lipinski definition) is 5.